The van der Waals surface area contributed by atoms with Gasteiger partial charge in [0.1, 0.15) is 17.7 Å². The van der Waals surface area contributed by atoms with Crippen molar-refractivity contribution in [1.29, 1.82) is 5.26 Å². The van der Waals surface area contributed by atoms with E-state index in [0.29, 0.717) is 5.82 Å². The number of carbonyl (C=O) groups excluding carboxylic acids is 1. The quantitative estimate of drug-likeness (QED) is 0.624. The molecular weight excluding hydrogens is 256 g/mol. The van der Waals surface area contributed by atoms with Crippen LogP contribution in [0, 0.1) is 11.3 Å². The molecular formula is C13H18N6O. The Bertz CT molecular complexity index is 565. The van der Waals surface area contributed by atoms with E-state index in [-0.39, 0.29) is 29.0 Å². The van der Waals surface area contributed by atoms with Crippen molar-refractivity contribution in [2.24, 2.45) is 11.5 Å². The number of nitrogens with two attached hydrogens (primary N) is 3. The number of nitrogens with zero attached hydrogens (tertiary/aromatic N) is 2. The zero-order chi connectivity index (χ0) is 14.7. The predicted octanol–water partition coefficient (Wildman–Crippen LogP) is 0.316. The van der Waals surface area contributed by atoms with Crippen LogP contribution in [0.25, 0.3) is 0 Å². The van der Waals surface area contributed by atoms with Gasteiger partial charge in [-0.15, -0.1) is 0 Å². The molecule has 0 radical (unpaired) electrons. The Hall–Kier alpha value is -2.33. The van der Waals surface area contributed by atoms with Crippen molar-refractivity contribution in [3.63, 3.8) is 0 Å². The van der Waals surface area contributed by atoms with E-state index in [2.05, 4.69) is 10.3 Å². The Morgan fingerprint density at radius 1 is 1.45 bits per heavy atom. The zero-order valence-corrected chi connectivity index (χ0v) is 11.1. The minimum absolute atomic E-state index is 0.0170. The van der Waals surface area contributed by atoms with Crippen LogP contribution in [-0.2, 0) is 0 Å². The summed E-state index contributed by atoms with van der Waals surface area (Å²) in [7, 11) is 0. The molecule has 7 heteroatoms. The third-order valence-electron chi connectivity index (χ3n) is 3.58. The molecule has 1 amide bonds. The van der Waals surface area contributed by atoms with Crippen molar-refractivity contribution in [1.82, 2.24) is 4.98 Å². The minimum Gasteiger partial charge on any atom is -0.383 e. The van der Waals surface area contributed by atoms with Crippen molar-refractivity contribution >= 4 is 17.5 Å². The van der Waals surface area contributed by atoms with Crippen LogP contribution in [-0.4, -0.2) is 23.0 Å². The highest BCUT2D eigenvalue weighted by molar-refractivity contribution is 5.98. The number of nitriles is 1. The van der Waals surface area contributed by atoms with E-state index in [4.69, 9.17) is 22.5 Å². The second kappa shape index (κ2) is 5.75. The van der Waals surface area contributed by atoms with E-state index in [1.54, 1.807) is 0 Å². The smallest absolute Gasteiger partial charge is 0.252 e. The summed E-state index contributed by atoms with van der Waals surface area (Å²) >= 11 is 0. The van der Waals surface area contributed by atoms with Crippen LogP contribution in [0.15, 0.2) is 6.07 Å². The predicted molar refractivity (Wildman–Crippen MR) is 75.7 cm³/mol. The molecule has 0 unspecified atom stereocenters. The average Bonchev–Trinajstić information content (AvgIpc) is 2.41. The van der Waals surface area contributed by atoms with Gasteiger partial charge in [-0.1, -0.05) is 12.8 Å². The largest absolute Gasteiger partial charge is 0.383 e. The zero-order valence-electron chi connectivity index (χ0n) is 11.1. The molecule has 7 nitrogen and oxygen atoms in total. The molecule has 0 spiro atoms. The Kier molecular flexibility index (Phi) is 4.05. The summed E-state index contributed by atoms with van der Waals surface area (Å²) in [5, 5.41) is 12.3. The fourth-order valence-corrected chi connectivity index (χ4v) is 2.43. The van der Waals surface area contributed by atoms with Gasteiger partial charge in [0.2, 0.25) is 0 Å². The summed E-state index contributed by atoms with van der Waals surface area (Å²) in [5.74, 6) is -0.326. The maximum atomic E-state index is 11.2. The number of amides is 1. The van der Waals surface area contributed by atoms with Gasteiger partial charge < -0.3 is 22.5 Å². The van der Waals surface area contributed by atoms with Crippen molar-refractivity contribution in [2.45, 2.75) is 37.8 Å². The summed E-state index contributed by atoms with van der Waals surface area (Å²) in [5.41, 5.74) is 17.2. The molecule has 1 heterocycles. The fraction of sp³-hybridized carbons (Fsp3) is 0.462. The number of pyridine rings is 1. The van der Waals surface area contributed by atoms with Gasteiger partial charge in [0, 0.05) is 12.1 Å². The highest BCUT2D eigenvalue weighted by Gasteiger charge is 2.23. The van der Waals surface area contributed by atoms with Gasteiger partial charge in [-0.2, -0.15) is 5.26 Å². The Morgan fingerprint density at radius 3 is 2.75 bits per heavy atom. The third-order valence-corrected chi connectivity index (χ3v) is 3.58. The van der Waals surface area contributed by atoms with Crippen molar-refractivity contribution < 1.29 is 4.79 Å². The van der Waals surface area contributed by atoms with E-state index in [0.717, 1.165) is 25.7 Å². The van der Waals surface area contributed by atoms with Gasteiger partial charge in [0.15, 0.2) is 0 Å². The summed E-state index contributed by atoms with van der Waals surface area (Å²) in [6.45, 7) is 0. The lowest BCUT2D eigenvalue weighted by Gasteiger charge is -2.30. The van der Waals surface area contributed by atoms with Gasteiger partial charge in [-0.3, -0.25) is 4.79 Å². The molecule has 0 aliphatic heterocycles. The minimum atomic E-state index is -0.701. The molecule has 1 aliphatic rings. The van der Waals surface area contributed by atoms with E-state index in [1.165, 1.54) is 6.07 Å². The van der Waals surface area contributed by atoms with E-state index < -0.39 is 5.91 Å². The van der Waals surface area contributed by atoms with Gasteiger partial charge >= 0.3 is 0 Å². The lowest BCUT2D eigenvalue weighted by molar-refractivity contribution is 0.100. The van der Waals surface area contributed by atoms with Gasteiger partial charge in [0.05, 0.1) is 11.1 Å². The molecule has 7 N–H and O–H groups in total. The first-order valence-corrected chi connectivity index (χ1v) is 6.55. The monoisotopic (exact) mass is 274 g/mol. The van der Waals surface area contributed by atoms with Crippen LogP contribution in [0.5, 0.6) is 0 Å². The summed E-state index contributed by atoms with van der Waals surface area (Å²) < 4.78 is 0. The fourth-order valence-electron chi connectivity index (χ4n) is 2.43. The van der Waals surface area contributed by atoms with E-state index in [1.807, 2.05) is 6.07 Å². The Labute approximate surface area is 117 Å². The summed E-state index contributed by atoms with van der Waals surface area (Å²) in [4.78, 5) is 15.3. The van der Waals surface area contributed by atoms with E-state index >= 15 is 0 Å². The van der Waals surface area contributed by atoms with Crippen LogP contribution in [0.3, 0.4) is 0 Å². The first-order chi connectivity index (χ1) is 9.52. The number of aromatic nitrogens is 1. The maximum absolute atomic E-state index is 11.2. The Balaban J connectivity index is 2.29. The molecule has 2 atom stereocenters. The van der Waals surface area contributed by atoms with Crippen LogP contribution in [0.1, 0.15) is 41.6 Å². The van der Waals surface area contributed by atoms with Crippen LogP contribution < -0.4 is 22.5 Å². The molecule has 1 fully saturated rings. The van der Waals surface area contributed by atoms with Crippen molar-refractivity contribution in [3.05, 3.63) is 17.2 Å². The molecule has 106 valence electrons. The lowest BCUT2D eigenvalue weighted by Crippen LogP contribution is -2.43. The first-order valence-electron chi connectivity index (χ1n) is 6.55. The molecule has 1 aromatic rings. The molecule has 0 saturated heterocycles. The highest BCUT2D eigenvalue weighted by atomic mass is 16.1. The maximum Gasteiger partial charge on any atom is 0.252 e. The van der Waals surface area contributed by atoms with E-state index in [9.17, 15) is 4.79 Å². The standard InChI is InChI=1S/C13H18N6O/c14-6-7-5-8(12(17)20)11(16)19-13(7)18-10-4-2-1-3-9(10)15/h5,9-10H,1-4,15H2,(H2,17,20)(H3,16,18,19)/t9-,10+/m0/s1. The van der Waals surface area contributed by atoms with Gasteiger partial charge in [0.25, 0.3) is 5.91 Å². The summed E-state index contributed by atoms with van der Waals surface area (Å²) in [6, 6.07) is 3.44. The normalized spacial score (nSPS) is 22.0. The highest BCUT2D eigenvalue weighted by Crippen LogP contribution is 2.24. The molecule has 0 bridgehead atoms. The first kappa shape index (κ1) is 14.1. The second-order valence-electron chi connectivity index (χ2n) is 4.99. The molecule has 0 aromatic carbocycles. The Morgan fingerprint density at radius 2 is 2.15 bits per heavy atom. The number of nitrogen functional groups attached to an aromatic ring is 1. The van der Waals surface area contributed by atoms with Crippen LogP contribution in [0.2, 0.25) is 0 Å². The van der Waals surface area contributed by atoms with Gasteiger partial charge in [-0.25, -0.2) is 4.98 Å². The molecule has 1 saturated carbocycles. The lowest BCUT2D eigenvalue weighted by atomic mass is 9.91. The molecule has 1 aromatic heterocycles. The summed E-state index contributed by atoms with van der Waals surface area (Å²) in [6.07, 6.45) is 4.06. The number of rotatable bonds is 3. The number of hydrogen-bond donors (Lipinski definition) is 4. The molecule has 20 heavy (non-hydrogen) atoms. The van der Waals surface area contributed by atoms with Crippen LogP contribution in [0.4, 0.5) is 11.6 Å². The van der Waals surface area contributed by atoms with Gasteiger partial charge in [-0.05, 0) is 18.9 Å². The van der Waals surface area contributed by atoms with Crippen molar-refractivity contribution in [2.75, 3.05) is 11.1 Å². The van der Waals surface area contributed by atoms with Crippen molar-refractivity contribution in [3.8, 4) is 6.07 Å². The third kappa shape index (κ3) is 2.81. The number of carbonyl (C=O) groups is 1. The molecule has 1 aliphatic carbocycles. The SMILES string of the molecule is N#Cc1cc(C(N)=O)c(N)nc1N[C@@H]1CCCC[C@@H]1N. The number of hydrogen-bond acceptors (Lipinski definition) is 6. The topological polar surface area (TPSA) is 144 Å². The average molecular weight is 274 g/mol. The number of anilines is 2. The molecule has 2 rings (SSSR count). The second-order valence-corrected chi connectivity index (χ2v) is 4.99. The van der Waals surface area contributed by atoms with Crippen LogP contribution >= 0.6 is 0 Å². The number of primary amides is 1. The number of nitrogens with one attached hydrogen (secondary N) is 1.